The van der Waals surface area contributed by atoms with E-state index < -0.39 is 29.5 Å². The number of hydrogen-bond donors (Lipinski definition) is 2. The minimum atomic E-state index is -0.749. The van der Waals surface area contributed by atoms with Crippen LogP contribution in [-0.2, 0) is 22.3 Å². The van der Waals surface area contributed by atoms with Crippen LogP contribution in [0.15, 0.2) is 84.9 Å². The lowest BCUT2D eigenvalue weighted by molar-refractivity contribution is 0.0592. The van der Waals surface area contributed by atoms with E-state index in [-0.39, 0.29) is 33.6 Å². The largest absolute Gasteiger partial charge is 0.465 e. The molecule has 0 aliphatic heterocycles. The molecule has 4 aromatic carbocycles. The molecule has 48 heavy (non-hydrogen) atoms. The van der Waals surface area contributed by atoms with Crippen molar-refractivity contribution in [2.45, 2.75) is 52.4 Å². The minimum Gasteiger partial charge on any atom is -0.465 e. The second kappa shape index (κ2) is 16.8. The maximum atomic E-state index is 13.6. The van der Waals surface area contributed by atoms with Crippen molar-refractivity contribution in [3.63, 3.8) is 0 Å². The van der Waals surface area contributed by atoms with Gasteiger partial charge in [-0.15, -0.1) is 0 Å². The predicted octanol–water partition coefficient (Wildman–Crippen LogP) is 7.68. The Hall–Kier alpha value is -5.57. The molecule has 0 radical (unpaired) electrons. The van der Waals surface area contributed by atoms with Crippen LogP contribution in [0.25, 0.3) is 0 Å². The summed E-state index contributed by atoms with van der Waals surface area (Å²) >= 11 is 0. The number of amides is 2. The fraction of sp³-hybridized carbons (Fsp3) is 0.256. The van der Waals surface area contributed by atoms with Gasteiger partial charge in [0.25, 0.3) is 11.8 Å². The standard InChI is InChI=1S/C39H40N2O7/c1-5-7-9-25-11-15-27(16-12-25)36(43)40-33-21-19-29(23-31(33)38(45)47-3)35(42)30-20-22-34(32(24-30)39(46)48-4)41-37(44)28-17-13-26(14-18-28)10-8-6-2/h11-24H,5-10H2,1-4H3,(H,40,43)(H,41,44). The molecule has 9 heteroatoms. The van der Waals surface area contributed by atoms with E-state index in [0.29, 0.717) is 11.1 Å². The normalized spacial score (nSPS) is 10.6. The van der Waals surface area contributed by atoms with E-state index in [4.69, 9.17) is 9.47 Å². The summed E-state index contributed by atoms with van der Waals surface area (Å²) in [7, 11) is 2.40. The van der Waals surface area contributed by atoms with Crippen molar-refractivity contribution in [2.75, 3.05) is 24.9 Å². The fourth-order valence-electron chi connectivity index (χ4n) is 5.11. The van der Waals surface area contributed by atoms with E-state index in [1.165, 1.54) is 50.6 Å². The monoisotopic (exact) mass is 648 g/mol. The summed E-state index contributed by atoms with van der Waals surface area (Å²) < 4.78 is 9.87. The summed E-state index contributed by atoms with van der Waals surface area (Å²) in [6.07, 6.45) is 6.10. The molecular weight excluding hydrogens is 608 g/mol. The molecule has 0 aliphatic carbocycles. The van der Waals surface area contributed by atoms with Crippen molar-refractivity contribution in [3.05, 3.63) is 129 Å². The molecule has 0 saturated carbocycles. The van der Waals surface area contributed by atoms with Gasteiger partial charge in [0.2, 0.25) is 0 Å². The molecule has 0 bridgehead atoms. The number of esters is 2. The Morgan fingerprint density at radius 2 is 0.875 bits per heavy atom. The third-order valence-corrected chi connectivity index (χ3v) is 7.94. The molecule has 9 nitrogen and oxygen atoms in total. The maximum Gasteiger partial charge on any atom is 0.339 e. The number of ether oxygens (including phenoxy) is 2. The molecular formula is C39H40N2O7. The van der Waals surface area contributed by atoms with E-state index in [9.17, 15) is 24.0 Å². The Balaban J connectivity index is 1.56. The highest BCUT2D eigenvalue weighted by molar-refractivity contribution is 6.14. The first-order valence-corrected chi connectivity index (χ1v) is 16.0. The number of benzene rings is 4. The second-order valence-corrected chi connectivity index (χ2v) is 11.3. The van der Waals surface area contributed by atoms with E-state index >= 15 is 0 Å². The van der Waals surface area contributed by atoms with Gasteiger partial charge in [-0.05, 0) is 97.5 Å². The van der Waals surface area contributed by atoms with Crippen molar-refractivity contribution in [2.24, 2.45) is 0 Å². The average Bonchev–Trinajstić information content (AvgIpc) is 3.12. The van der Waals surface area contributed by atoms with Crippen LogP contribution in [0.3, 0.4) is 0 Å². The van der Waals surface area contributed by atoms with Gasteiger partial charge in [0, 0.05) is 22.3 Å². The van der Waals surface area contributed by atoms with Crippen molar-refractivity contribution in [1.82, 2.24) is 0 Å². The maximum absolute atomic E-state index is 13.6. The Bertz CT molecular complexity index is 1660. The van der Waals surface area contributed by atoms with Crippen LogP contribution in [0.1, 0.15) is 108 Å². The highest BCUT2D eigenvalue weighted by Gasteiger charge is 2.22. The average molecular weight is 649 g/mol. The third-order valence-electron chi connectivity index (χ3n) is 7.94. The van der Waals surface area contributed by atoms with Gasteiger partial charge in [-0.25, -0.2) is 9.59 Å². The van der Waals surface area contributed by atoms with Gasteiger partial charge in [-0.3, -0.25) is 14.4 Å². The number of anilines is 2. The number of aryl methyl sites for hydroxylation is 2. The van der Waals surface area contributed by atoms with Crippen LogP contribution < -0.4 is 10.6 Å². The number of hydrogen-bond acceptors (Lipinski definition) is 7. The Morgan fingerprint density at radius 1 is 0.521 bits per heavy atom. The van der Waals surface area contributed by atoms with Crippen LogP contribution in [-0.4, -0.2) is 43.8 Å². The summed E-state index contributed by atoms with van der Waals surface area (Å²) in [4.78, 5) is 65.1. The quantitative estimate of drug-likeness (QED) is 0.106. The number of unbranched alkanes of at least 4 members (excludes halogenated alkanes) is 2. The van der Waals surface area contributed by atoms with Crippen molar-refractivity contribution >= 4 is 40.9 Å². The first kappa shape index (κ1) is 35.3. The number of methoxy groups -OCH3 is 2. The molecule has 4 rings (SSSR count). The topological polar surface area (TPSA) is 128 Å². The van der Waals surface area contributed by atoms with Crippen LogP contribution >= 0.6 is 0 Å². The lowest BCUT2D eigenvalue weighted by atomic mass is 9.97. The summed E-state index contributed by atoms with van der Waals surface area (Å²) in [6, 6.07) is 23.0. The van der Waals surface area contributed by atoms with Crippen LogP contribution in [0, 0.1) is 0 Å². The molecule has 0 aliphatic rings. The number of carbonyl (C=O) groups is 5. The van der Waals surface area contributed by atoms with Gasteiger partial charge in [0.1, 0.15) is 0 Å². The first-order valence-electron chi connectivity index (χ1n) is 16.0. The molecule has 0 heterocycles. The minimum absolute atomic E-state index is 0.0194. The van der Waals surface area contributed by atoms with Crippen LogP contribution in [0.4, 0.5) is 11.4 Å². The van der Waals surface area contributed by atoms with E-state index in [1.54, 1.807) is 24.3 Å². The summed E-state index contributed by atoms with van der Waals surface area (Å²) in [6.45, 7) is 4.23. The number of nitrogens with one attached hydrogen (secondary N) is 2. The zero-order chi connectivity index (χ0) is 34.6. The lowest BCUT2D eigenvalue weighted by Crippen LogP contribution is -2.17. The van der Waals surface area contributed by atoms with Gasteiger partial charge >= 0.3 is 11.9 Å². The van der Waals surface area contributed by atoms with Gasteiger partial charge in [-0.1, -0.05) is 51.0 Å². The van der Waals surface area contributed by atoms with E-state index in [0.717, 1.165) is 49.7 Å². The van der Waals surface area contributed by atoms with Gasteiger partial charge in [-0.2, -0.15) is 0 Å². The molecule has 0 spiro atoms. The summed E-state index contributed by atoms with van der Waals surface area (Å²) in [5.74, 6) is -2.85. The number of rotatable bonds is 14. The molecule has 4 aromatic rings. The van der Waals surface area contributed by atoms with Gasteiger partial charge in [0.15, 0.2) is 5.78 Å². The predicted molar refractivity (Wildman–Crippen MR) is 185 cm³/mol. The zero-order valence-corrected chi connectivity index (χ0v) is 27.7. The van der Waals surface area contributed by atoms with Gasteiger partial charge in [0.05, 0.1) is 36.7 Å². The van der Waals surface area contributed by atoms with E-state index in [1.807, 2.05) is 24.3 Å². The molecule has 0 saturated heterocycles. The van der Waals surface area contributed by atoms with Gasteiger partial charge < -0.3 is 20.1 Å². The Labute approximate surface area is 280 Å². The zero-order valence-electron chi connectivity index (χ0n) is 27.7. The smallest absolute Gasteiger partial charge is 0.339 e. The SMILES string of the molecule is CCCCc1ccc(C(=O)Nc2ccc(C(=O)c3ccc(NC(=O)c4ccc(CCCC)cc4)c(C(=O)OC)c3)cc2C(=O)OC)cc1. The third kappa shape index (κ3) is 8.82. The van der Waals surface area contributed by atoms with Crippen molar-refractivity contribution in [3.8, 4) is 0 Å². The van der Waals surface area contributed by atoms with Crippen molar-refractivity contribution in [1.29, 1.82) is 0 Å². The first-order chi connectivity index (χ1) is 23.2. The Morgan fingerprint density at radius 3 is 1.21 bits per heavy atom. The molecule has 2 amide bonds. The molecule has 0 fully saturated rings. The molecule has 248 valence electrons. The highest BCUT2D eigenvalue weighted by atomic mass is 16.5. The Kier molecular flexibility index (Phi) is 12.4. The molecule has 0 atom stereocenters. The number of carbonyl (C=O) groups excluding carboxylic acids is 5. The van der Waals surface area contributed by atoms with Crippen LogP contribution in [0.5, 0.6) is 0 Å². The summed E-state index contributed by atoms with van der Waals surface area (Å²) in [5, 5.41) is 5.48. The fourth-order valence-corrected chi connectivity index (χ4v) is 5.11. The highest BCUT2D eigenvalue weighted by Crippen LogP contribution is 2.25. The number of ketones is 1. The van der Waals surface area contributed by atoms with Crippen molar-refractivity contribution < 1.29 is 33.4 Å². The van der Waals surface area contributed by atoms with E-state index in [2.05, 4.69) is 24.5 Å². The molecule has 0 aromatic heterocycles. The second-order valence-electron chi connectivity index (χ2n) is 11.3. The molecule has 0 unspecified atom stereocenters. The summed E-state index contributed by atoms with van der Waals surface area (Å²) in [5.41, 5.74) is 3.62. The molecule has 2 N–H and O–H groups in total. The van der Waals surface area contributed by atoms with Crippen LogP contribution in [0.2, 0.25) is 0 Å². The lowest BCUT2D eigenvalue weighted by Gasteiger charge is -2.14.